The van der Waals surface area contributed by atoms with Gasteiger partial charge in [-0.3, -0.25) is 9.59 Å². The minimum absolute atomic E-state index is 0.0310. The maximum atomic E-state index is 13.4. The Kier molecular flexibility index (Phi) is 3.96. The van der Waals surface area contributed by atoms with E-state index in [-0.39, 0.29) is 30.1 Å². The second kappa shape index (κ2) is 6.15. The molecule has 2 aliphatic rings. The summed E-state index contributed by atoms with van der Waals surface area (Å²) in [7, 11) is 0. The van der Waals surface area contributed by atoms with Crippen molar-refractivity contribution in [2.75, 3.05) is 11.9 Å². The first-order chi connectivity index (χ1) is 12.0. The first kappa shape index (κ1) is 16.1. The highest BCUT2D eigenvalue weighted by atomic mass is 35.5. The molecule has 1 saturated carbocycles. The Hall–Kier alpha value is -2.40. The topological polar surface area (TPSA) is 49.4 Å². The van der Waals surface area contributed by atoms with Gasteiger partial charge in [0.05, 0.1) is 6.04 Å². The lowest BCUT2D eigenvalue weighted by Crippen LogP contribution is -2.39. The van der Waals surface area contributed by atoms with Crippen LogP contribution >= 0.6 is 11.6 Å². The van der Waals surface area contributed by atoms with Gasteiger partial charge in [0.25, 0.3) is 0 Å². The molecule has 1 atom stereocenters. The van der Waals surface area contributed by atoms with Crippen LogP contribution in [0.1, 0.15) is 30.0 Å². The molecule has 0 saturated heterocycles. The van der Waals surface area contributed by atoms with Crippen molar-refractivity contribution >= 4 is 29.1 Å². The highest BCUT2D eigenvalue weighted by Gasteiger charge is 2.40. The molecule has 2 amide bonds. The number of hydrogen-bond donors (Lipinski definition) is 1. The van der Waals surface area contributed by atoms with Crippen molar-refractivity contribution in [2.24, 2.45) is 5.92 Å². The van der Waals surface area contributed by atoms with Gasteiger partial charge in [0, 0.05) is 22.2 Å². The Morgan fingerprint density at radius 2 is 1.88 bits per heavy atom. The molecule has 4 rings (SSSR count). The predicted octanol–water partition coefficient (Wildman–Crippen LogP) is 3.76. The Labute approximate surface area is 149 Å². The Morgan fingerprint density at radius 1 is 1.16 bits per heavy atom. The summed E-state index contributed by atoms with van der Waals surface area (Å²) in [6.45, 7) is -0.0380. The summed E-state index contributed by atoms with van der Waals surface area (Å²) in [6.07, 6.45) is 1.69. The largest absolute Gasteiger partial charge is 0.324 e. The highest BCUT2D eigenvalue weighted by Crippen LogP contribution is 2.40. The van der Waals surface area contributed by atoms with Crippen LogP contribution in [0.3, 0.4) is 0 Å². The van der Waals surface area contributed by atoms with Crippen LogP contribution in [0.25, 0.3) is 0 Å². The molecule has 0 aromatic heterocycles. The smallest absolute Gasteiger partial charge is 0.244 e. The van der Waals surface area contributed by atoms with Crippen LogP contribution in [0.5, 0.6) is 0 Å². The number of halogens is 2. The summed E-state index contributed by atoms with van der Waals surface area (Å²) >= 11 is 6.17. The van der Waals surface area contributed by atoms with Gasteiger partial charge < -0.3 is 10.2 Å². The van der Waals surface area contributed by atoms with Gasteiger partial charge in [0.1, 0.15) is 12.4 Å². The van der Waals surface area contributed by atoms with Crippen molar-refractivity contribution < 1.29 is 14.0 Å². The van der Waals surface area contributed by atoms with E-state index >= 15 is 0 Å². The van der Waals surface area contributed by atoms with Gasteiger partial charge in [-0.05, 0) is 48.7 Å². The second-order valence-corrected chi connectivity index (χ2v) is 6.91. The number of fused-ring (bicyclic) bond motifs is 1. The van der Waals surface area contributed by atoms with Crippen LogP contribution in [0, 0.1) is 11.7 Å². The molecule has 1 fully saturated rings. The van der Waals surface area contributed by atoms with E-state index in [0.717, 1.165) is 24.0 Å². The second-order valence-electron chi connectivity index (χ2n) is 6.47. The number of nitrogens with one attached hydrogen (secondary N) is 1. The molecule has 0 spiro atoms. The van der Waals surface area contributed by atoms with Gasteiger partial charge in [-0.1, -0.05) is 23.7 Å². The fraction of sp³-hybridized carbons (Fsp3) is 0.263. The Morgan fingerprint density at radius 3 is 2.56 bits per heavy atom. The monoisotopic (exact) mass is 358 g/mol. The number of carbonyl (C=O) groups excluding carboxylic acids is 2. The van der Waals surface area contributed by atoms with Crippen molar-refractivity contribution in [1.82, 2.24) is 4.90 Å². The lowest BCUT2D eigenvalue weighted by atomic mass is 9.95. The molecule has 2 aromatic rings. The molecule has 4 nitrogen and oxygen atoms in total. The molecule has 1 heterocycles. The molecule has 0 radical (unpaired) electrons. The minimum Gasteiger partial charge on any atom is -0.324 e. The number of rotatable bonds is 2. The molecule has 25 heavy (non-hydrogen) atoms. The lowest BCUT2D eigenvalue weighted by Gasteiger charge is -2.30. The van der Waals surface area contributed by atoms with Crippen LogP contribution in [-0.2, 0) is 9.59 Å². The molecule has 128 valence electrons. The molecular weight excluding hydrogens is 343 g/mol. The molecule has 2 aromatic carbocycles. The van der Waals surface area contributed by atoms with Gasteiger partial charge in [0.2, 0.25) is 11.8 Å². The third-order valence-electron chi connectivity index (χ3n) is 4.60. The van der Waals surface area contributed by atoms with E-state index < -0.39 is 6.04 Å². The van der Waals surface area contributed by atoms with Gasteiger partial charge in [-0.2, -0.15) is 0 Å². The summed E-state index contributed by atoms with van der Waals surface area (Å²) in [6, 6.07) is 10.7. The van der Waals surface area contributed by atoms with Crippen LogP contribution in [0.2, 0.25) is 5.02 Å². The normalized spacial score (nSPS) is 19.8. The maximum Gasteiger partial charge on any atom is 0.244 e. The summed E-state index contributed by atoms with van der Waals surface area (Å²) in [5.41, 5.74) is 2.10. The number of carbonyl (C=O) groups is 2. The van der Waals surface area contributed by atoms with Crippen molar-refractivity contribution in [3.63, 3.8) is 0 Å². The van der Waals surface area contributed by atoms with Crippen molar-refractivity contribution in [1.29, 1.82) is 0 Å². The first-order valence-corrected chi connectivity index (χ1v) is 8.56. The average Bonchev–Trinajstić information content (AvgIpc) is 3.42. The summed E-state index contributed by atoms with van der Waals surface area (Å²) in [5.74, 6) is -0.672. The number of amides is 2. The predicted molar refractivity (Wildman–Crippen MR) is 92.8 cm³/mol. The third kappa shape index (κ3) is 3.12. The van der Waals surface area contributed by atoms with Crippen LogP contribution in [0.4, 0.5) is 10.1 Å². The van der Waals surface area contributed by atoms with Crippen LogP contribution < -0.4 is 5.32 Å². The van der Waals surface area contributed by atoms with Crippen molar-refractivity contribution in [3.05, 3.63) is 64.4 Å². The molecule has 1 N–H and O–H groups in total. The first-order valence-electron chi connectivity index (χ1n) is 8.18. The third-order valence-corrected chi connectivity index (χ3v) is 4.84. The summed E-state index contributed by atoms with van der Waals surface area (Å²) in [4.78, 5) is 26.8. The number of anilines is 1. The summed E-state index contributed by atoms with van der Waals surface area (Å²) in [5, 5.41) is 3.35. The molecular formula is C19H16ClFN2O2. The Bertz CT molecular complexity index is 849. The molecule has 1 aliphatic carbocycles. The zero-order valence-corrected chi connectivity index (χ0v) is 14.1. The minimum atomic E-state index is -0.485. The SMILES string of the molecule is O=C1CN(C(=O)C2CC2)[C@H](c2ccc(F)cc2)c2cc(Cl)ccc2N1. The van der Waals surface area contributed by atoms with Crippen LogP contribution in [-0.4, -0.2) is 23.3 Å². The molecule has 0 bridgehead atoms. The van der Waals surface area contributed by atoms with E-state index in [2.05, 4.69) is 5.32 Å². The zero-order valence-electron chi connectivity index (χ0n) is 13.3. The lowest BCUT2D eigenvalue weighted by molar-refractivity contribution is -0.137. The van der Waals surface area contributed by atoms with Crippen LogP contribution in [0.15, 0.2) is 42.5 Å². The molecule has 0 unspecified atom stereocenters. The molecule has 1 aliphatic heterocycles. The van der Waals surface area contributed by atoms with Crippen molar-refractivity contribution in [2.45, 2.75) is 18.9 Å². The van der Waals surface area contributed by atoms with E-state index in [1.165, 1.54) is 12.1 Å². The van der Waals surface area contributed by atoms with E-state index in [0.29, 0.717) is 10.7 Å². The van der Waals surface area contributed by atoms with E-state index in [1.807, 2.05) is 0 Å². The van der Waals surface area contributed by atoms with Gasteiger partial charge in [-0.15, -0.1) is 0 Å². The fourth-order valence-electron chi connectivity index (χ4n) is 3.25. The number of benzene rings is 2. The Balaban J connectivity index is 1.88. The van der Waals surface area contributed by atoms with Gasteiger partial charge in [-0.25, -0.2) is 4.39 Å². The summed E-state index contributed by atoms with van der Waals surface area (Å²) < 4.78 is 13.4. The quantitative estimate of drug-likeness (QED) is 0.888. The van der Waals surface area contributed by atoms with Gasteiger partial charge >= 0.3 is 0 Å². The van der Waals surface area contributed by atoms with E-state index in [9.17, 15) is 14.0 Å². The maximum absolute atomic E-state index is 13.4. The van der Waals surface area contributed by atoms with Gasteiger partial charge in [0.15, 0.2) is 0 Å². The standard InChI is InChI=1S/C19H16ClFN2O2/c20-13-5-8-16-15(9-13)18(11-3-6-14(21)7-4-11)23(10-17(24)22-16)19(25)12-1-2-12/h3-9,12,18H,1-2,10H2,(H,22,24)/t18-/m1/s1. The number of nitrogens with zero attached hydrogens (tertiary/aromatic N) is 1. The highest BCUT2D eigenvalue weighted by molar-refractivity contribution is 6.30. The number of hydrogen-bond acceptors (Lipinski definition) is 2. The molecule has 6 heteroatoms. The van der Waals surface area contributed by atoms with E-state index in [4.69, 9.17) is 11.6 Å². The average molecular weight is 359 g/mol. The van der Waals surface area contributed by atoms with Crippen molar-refractivity contribution in [3.8, 4) is 0 Å². The zero-order chi connectivity index (χ0) is 17.6. The van der Waals surface area contributed by atoms with E-state index in [1.54, 1.807) is 35.2 Å². The fourth-order valence-corrected chi connectivity index (χ4v) is 3.43.